The summed E-state index contributed by atoms with van der Waals surface area (Å²) >= 11 is 3.37. The van der Waals surface area contributed by atoms with E-state index in [4.69, 9.17) is 5.11 Å². The summed E-state index contributed by atoms with van der Waals surface area (Å²) in [6.45, 7) is 1.48. The maximum atomic E-state index is 12.4. The maximum Gasteiger partial charge on any atom is 0.325 e. The topological polar surface area (TPSA) is 66.4 Å². The number of carbonyl (C=O) groups is 2. The number of rotatable bonds is 4. The van der Waals surface area contributed by atoms with Crippen molar-refractivity contribution in [1.29, 1.82) is 0 Å². The van der Waals surface area contributed by atoms with Crippen molar-refractivity contribution < 1.29 is 14.7 Å². The van der Waals surface area contributed by atoms with Gasteiger partial charge in [-0.1, -0.05) is 34.5 Å². The minimum absolute atomic E-state index is 0.184. The first-order valence-corrected chi connectivity index (χ1v) is 7.05. The van der Waals surface area contributed by atoms with E-state index >= 15 is 0 Å². The van der Waals surface area contributed by atoms with E-state index in [2.05, 4.69) is 21.2 Å². The molecule has 102 valence electrons. The van der Waals surface area contributed by atoms with Gasteiger partial charge in [-0.2, -0.15) is 0 Å². The van der Waals surface area contributed by atoms with Crippen LogP contribution in [-0.2, 0) is 15.0 Å². The second-order valence-corrected chi connectivity index (χ2v) is 5.89. The van der Waals surface area contributed by atoms with Gasteiger partial charge in [0.25, 0.3) is 0 Å². The van der Waals surface area contributed by atoms with Crippen molar-refractivity contribution in [2.75, 3.05) is 0 Å². The van der Waals surface area contributed by atoms with Crippen molar-refractivity contribution in [3.63, 3.8) is 0 Å². The van der Waals surface area contributed by atoms with Crippen molar-refractivity contribution in [2.45, 2.75) is 37.6 Å². The van der Waals surface area contributed by atoms with Crippen molar-refractivity contribution in [1.82, 2.24) is 5.32 Å². The first-order valence-electron chi connectivity index (χ1n) is 6.25. The summed E-state index contributed by atoms with van der Waals surface area (Å²) in [4.78, 5) is 23.2. The van der Waals surface area contributed by atoms with Crippen LogP contribution in [-0.4, -0.2) is 23.0 Å². The van der Waals surface area contributed by atoms with E-state index in [-0.39, 0.29) is 5.91 Å². The molecule has 0 aliphatic heterocycles. The number of carboxylic acids is 1. The minimum atomic E-state index is -1.02. The highest BCUT2D eigenvalue weighted by molar-refractivity contribution is 9.10. The van der Waals surface area contributed by atoms with Gasteiger partial charge in [-0.15, -0.1) is 0 Å². The number of carbonyl (C=O) groups excluding carboxylic acids is 1. The number of amides is 1. The second-order valence-electron chi connectivity index (χ2n) is 4.98. The van der Waals surface area contributed by atoms with Crippen LogP contribution < -0.4 is 5.32 Å². The van der Waals surface area contributed by atoms with Crippen LogP contribution in [0.2, 0.25) is 0 Å². The van der Waals surface area contributed by atoms with Crippen molar-refractivity contribution in [2.24, 2.45) is 0 Å². The van der Waals surface area contributed by atoms with E-state index in [1.165, 1.54) is 6.92 Å². The molecule has 1 fully saturated rings. The molecule has 1 aliphatic carbocycles. The summed E-state index contributed by atoms with van der Waals surface area (Å²) in [5, 5.41) is 11.5. The monoisotopic (exact) mass is 325 g/mol. The van der Waals surface area contributed by atoms with E-state index in [0.717, 1.165) is 29.3 Å². The quantitative estimate of drug-likeness (QED) is 0.893. The van der Waals surface area contributed by atoms with Gasteiger partial charge in [-0.3, -0.25) is 9.59 Å². The summed E-state index contributed by atoms with van der Waals surface area (Å²) in [5.41, 5.74) is 0.404. The highest BCUT2D eigenvalue weighted by Crippen LogP contribution is 2.44. The van der Waals surface area contributed by atoms with E-state index in [1.807, 2.05) is 24.3 Å². The Morgan fingerprint density at radius 2 is 1.89 bits per heavy atom. The SMILES string of the molecule is CC(NC(=O)C1(c2ccc(Br)cc2)CCC1)C(=O)O. The van der Waals surface area contributed by atoms with Crippen molar-refractivity contribution in [3.05, 3.63) is 34.3 Å². The van der Waals surface area contributed by atoms with E-state index < -0.39 is 17.4 Å². The summed E-state index contributed by atoms with van der Waals surface area (Å²) in [6.07, 6.45) is 2.53. The van der Waals surface area contributed by atoms with Crippen molar-refractivity contribution >= 4 is 27.8 Å². The predicted octanol–water partition coefficient (Wildman–Crippen LogP) is 2.46. The van der Waals surface area contributed by atoms with Gasteiger partial charge in [-0.05, 0) is 37.5 Å². The molecule has 1 aromatic rings. The second kappa shape index (κ2) is 5.33. The standard InChI is InChI=1S/C14H16BrNO3/c1-9(12(17)18)16-13(19)14(7-2-8-14)10-3-5-11(15)6-4-10/h3-6,9H,2,7-8H2,1H3,(H,16,19)(H,17,18). The molecular formula is C14H16BrNO3. The molecular weight excluding hydrogens is 310 g/mol. The summed E-state index contributed by atoms with van der Waals surface area (Å²) < 4.78 is 0.963. The molecule has 1 aromatic carbocycles. The molecule has 1 amide bonds. The van der Waals surface area contributed by atoms with Crippen LogP contribution in [0.25, 0.3) is 0 Å². The number of benzene rings is 1. The maximum absolute atomic E-state index is 12.4. The molecule has 1 aliphatic rings. The van der Waals surface area contributed by atoms with E-state index in [9.17, 15) is 9.59 Å². The van der Waals surface area contributed by atoms with E-state index in [1.54, 1.807) is 0 Å². The molecule has 0 aromatic heterocycles. The largest absolute Gasteiger partial charge is 0.480 e. The number of hydrogen-bond donors (Lipinski definition) is 2. The Bertz CT molecular complexity index is 494. The Morgan fingerprint density at radius 3 is 2.32 bits per heavy atom. The zero-order valence-electron chi connectivity index (χ0n) is 10.6. The molecule has 2 rings (SSSR count). The van der Waals surface area contributed by atoms with Gasteiger partial charge in [0.15, 0.2) is 0 Å². The molecule has 5 heteroatoms. The third kappa shape index (κ3) is 2.66. The molecule has 2 N–H and O–H groups in total. The van der Waals surface area contributed by atoms with Gasteiger partial charge >= 0.3 is 5.97 Å². The summed E-state index contributed by atoms with van der Waals surface area (Å²) in [7, 11) is 0. The Morgan fingerprint density at radius 1 is 1.32 bits per heavy atom. The molecule has 1 atom stereocenters. The number of nitrogens with one attached hydrogen (secondary N) is 1. The highest BCUT2D eigenvalue weighted by Gasteiger charge is 2.46. The average Bonchev–Trinajstić information content (AvgIpc) is 2.30. The zero-order chi connectivity index (χ0) is 14.0. The van der Waals surface area contributed by atoms with Crippen LogP contribution in [0.5, 0.6) is 0 Å². The lowest BCUT2D eigenvalue weighted by Gasteiger charge is -2.41. The number of carboxylic acid groups (broad SMARTS) is 1. The molecule has 0 saturated heterocycles. The highest BCUT2D eigenvalue weighted by atomic mass is 79.9. The van der Waals surface area contributed by atoms with Gasteiger partial charge in [0, 0.05) is 4.47 Å². The van der Waals surface area contributed by atoms with Crippen LogP contribution in [0.15, 0.2) is 28.7 Å². The number of halogens is 1. The Hall–Kier alpha value is -1.36. The molecule has 19 heavy (non-hydrogen) atoms. The molecule has 4 nitrogen and oxygen atoms in total. The lowest BCUT2D eigenvalue weighted by molar-refractivity contribution is -0.143. The van der Waals surface area contributed by atoms with Gasteiger partial charge in [0.2, 0.25) is 5.91 Å². The normalized spacial score (nSPS) is 18.2. The van der Waals surface area contributed by atoms with Gasteiger partial charge < -0.3 is 10.4 Å². The zero-order valence-corrected chi connectivity index (χ0v) is 12.2. The minimum Gasteiger partial charge on any atom is -0.480 e. The fourth-order valence-electron chi connectivity index (χ4n) is 2.34. The average molecular weight is 326 g/mol. The Kier molecular flexibility index (Phi) is 3.94. The first kappa shape index (κ1) is 14.1. The van der Waals surface area contributed by atoms with E-state index in [0.29, 0.717) is 0 Å². The Labute approximate surface area is 120 Å². The molecule has 1 unspecified atom stereocenters. The molecule has 0 bridgehead atoms. The third-order valence-electron chi connectivity index (χ3n) is 3.76. The van der Waals surface area contributed by atoms with Gasteiger partial charge in [0.1, 0.15) is 6.04 Å². The van der Waals surface area contributed by atoms with Crippen LogP contribution in [0, 0.1) is 0 Å². The molecule has 0 spiro atoms. The van der Waals surface area contributed by atoms with Crippen molar-refractivity contribution in [3.8, 4) is 0 Å². The number of hydrogen-bond acceptors (Lipinski definition) is 2. The third-order valence-corrected chi connectivity index (χ3v) is 4.29. The van der Waals surface area contributed by atoms with Crippen LogP contribution in [0.3, 0.4) is 0 Å². The fraction of sp³-hybridized carbons (Fsp3) is 0.429. The fourth-order valence-corrected chi connectivity index (χ4v) is 2.61. The molecule has 0 heterocycles. The summed E-state index contributed by atoms with van der Waals surface area (Å²) in [5.74, 6) is -1.20. The smallest absolute Gasteiger partial charge is 0.325 e. The van der Waals surface area contributed by atoms with Crippen LogP contribution in [0.4, 0.5) is 0 Å². The summed E-state index contributed by atoms with van der Waals surface area (Å²) in [6, 6.07) is 6.80. The predicted molar refractivity (Wildman–Crippen MR) is 74.9 cm³/mol. The lowest BCUT2D eigenvalue weighted by Crippen LogP contribution is -2.53. The Balaban J connectivity index is 2.20. The van der Waals surface area contributed by atoms with Gasteiger partial charge in [-0.25, -0.2) is 0 Å². The molecule has 1 saturated carbocycles. The first-order chi connectivity index (χ1) is 8.95. The molecule has 0 radical (unpaired) electrons. The lowest BCUT2D eigenvalue weighted by atomic mass is 9.63. The van der Waals surface area contributed by atoms with Crippen LogP contribution in [0.1, 0.15) is 31.7 Å². The van der Waals surface area contributed by atoms with Crippen LogP contribution >= 0.6 is 15.9 Å². The van der Waals surface area contributed by atoms with Gasteiger partial charge in [0.05, 0.1) is 5.41 Å². The number of aliphatic carboxylic acids is 1.